The third kappa shape index (κ3) is 3.73. The minimum absolute atomic E-state index is 0.0757. The number of nitrogens with one attached hydrogen (secondary N) is 1. The van der Waals surface area contributed by atoms with Gasteiger partial charge in [-0.25, -0.2) is 4.98 Å². The normalized spacial score (nSPS) is 10.2. The van der Waals surface area contributed by atoms with Crippen LogP contribution < -0.4 is 10.1 Å². The van der Waals surface area contributed by atoms with Gasteiger partial charge in [0.2, 0.25) is 5.88 Å². The van der Waals surface area contributed by atoms with Crippen LogP contribution in [0.2, 0.25) is 0 Å². The molecule has 0 bridgehead atoms. The Morgan fingerprint density at radius 1 is 1.29 bits per heavy atom. The van der Waals surface area contributed by atoms with Gasteiger partial charge < -0.3 is 10.1 Å². The maximum atomic E-state index is 9.19. The highest BCUT2D eigenvalue weighted by atomic mass is 16.5. The fourth-order valence-electron chi connectivity index (χ4n) is 2.07. The van der Waals surface area contributed by atoms with Gasteiger partial charge in [0.15, 0.2) is 0 Å². The molecule has 4 heteroatoms. The average Bonchev–Trinajstić information content (AvgIpc) is 2.46. The van der Waals surface area contributed by atoms with E-state index in [4.69, 9.17) is 4.74 Å². The topological polar surface area (TPSA) is 57.9 Å². The van der Waals surface area contributed by atoms with E-state index < -0.39 is 0 Å². The highest BCUT2D eigenvalue weighted by Crippen LogP contribution is 2.22. The molecular formula is C17H19N3O. The van der Waals surface area contributed by atoms with Crippen molar-refractivity contribution >= 4 is 5.69 Å². The number of ether oxygens (including phenoxy) is 1. The van der Waals surface area contributed by atoms with Crippen molar-refractivity contribution in [3.05, 3.63) is 53.2 Å². The van der Waals surface area contributed by atoms with Gasteiger partial charge in [-0.2, -0.15) is 5.26 Å². The first kappa shape index (κ1) is 14.9. The number of hydrogen-bond donors (Lipinski definition) is 1. The quantitative estimate of drug-likeness (QED) is 0.908. The molecule has 2 rings (SSSR count). The van der Waals surface area contributed by atoms with E-state index in [1.165, 1.54) is 0 Å². The lowest BCUT2D eigenvalue weighted by Crippen LogP contribution is -2.11. The Kier molecular flexibility index (Phi) is 4.78. The molecular weight excluding hydrogens is 262 g/mol. The average molecular weight is 281 g/mol. The third-order valence-corrected chi connectivity index (χ3v) is 3.05. The fourth-order valence-corrected chi connectivity index (χ4v) is 2.07. The van der Waals surface area contributed by atoms with Crippen molar-refractivity contribution in [3.63, 3.8) is 0 Å². The van der Waals surface area contributed by atoms with Crippen molar-refractivity contribution in [3.8, 4) is 11.9 Å². The molecule has 0 radical (unpaired) electrons. The molecule has 4 nitrogen and oxygen atoms in total. The molecule has 0 spiro atoms. The number of anilines is 1. The lowest BCUT2D eigenvalue weighted by atomic mass is 10.1. The van der Waals surface area contributed by atoms with Gasteiger partial charge in [-0.1, -0.05) is 18.2 Å². The van der Waals surface area contributed by atoms with E-state index in [1.54, 1.807) is 6.20 Å². The Balaban J connectivity index is 2.20. The van der Waals surface area contributed by atoms with Crippen molar-refractivity contribution in [2.75, 3.05) is 5.32 Å². The van der Waals surface area contributed by atoms with E-state index in [-0.39, 0.29) is 6.10 Å². The van der Waals surface area contributed by atoms with Crippen LogP contribution in [0.4, 0.5) is 5.69 Å². The second-order valence-corrected chi connectivity index (χ2v) is 5.10. The Morgan fingerprint density at radius 3 is 2.81 bits per heavy atom. The highest BCUT2D eigenvalue weighted by molar-refractivity contribution is 5.62. The first-order valence-corrected chi connectivity index (χ1v) is 6.96. The number of para-hydroxylation sites is 1. The minimum atomic E-state index is 0.0757. The van der Waals surface area contributed by atoms with Gasteiger partial charge in [-0.05, 0) is 38.5 Å². The van der Waals surface area contributed by atoms with Crippen LogP contribution in [0.25, 0.3) is 0 Å². The van der Waals surface area contributed by atoms with E-state index >= 15 is 0 Å². The summed E-state index contributed by atoms with van der Waals surface area (Å²) in [6.45, 7) is 6.50. The molecule has 0 aliphatic heterocycles. The summed E-state index contributed by atoms with van der Waals surface area (Å²) in [5.74, 6) is 0.632. The number of hydrogen-bond acceptors (Lipinski definition) is 4. The maximum absolute atomic E-state index is 9.19. The molecule has 0 unspecified atom stereocenters. The summed E-state index contributed by atoms with van der Waals surface area (Å²) in [6, 6.07) is 11.7. The van der Waals surface area contributed by atoms with E-state index in [1.807, 2.05) is 51.1 Å². The van der Waals surface area contributed by atoms with E-state index in [9.17, 15) is 5.26 Å². The van der Waals surface area contributed by atoms with Gasteiger partial charge in [-0.15, -0.1) is 0 Å². The minimum Gasteiger partial charge on any atom is -0.475 e. The molecule has 0 atom stereocenters. The van der Waals surface area contributed by atoms with Crippen molar-refractivity contribution in [2.24, 2.45) is 0 Å². The van der Waals surface area contributed by atoms with Crippen LogP contribution in [-0.2, 0) is 6.54 Å². The van der Waals surface area contributed by atoms with E-state index in [0.717, 1.165) is 16.8 Å². The highest BCUT2D eigenvalue weighted by Gasteiger charge is 2.09. The zero-order chi connectivity index (χ0) is 15.2. The van der Waals surface area contributed by atoms with Gasteiger partial charge in [0, 0.05) is 18.3 Å². The number of rotatable bonds is 5. The Bertz CT molecular complexity index is 659. The molecule has 1 N–H and O–H groups in total. The first-order chi connectivity index (χ1) is 10.1. The first-order valence-electron chi connectivity index (χ1n) is 6.96. The molecule has 108 valence electrons. The molecule has 0 aliphatic rings. The molecule has 0 fully saturated rings. The van der Waals surface area contributed by atoms with Crippen LogP contribution in [0.3, 0.4) is 0 Å². The van der Waals surface area contributed by atoms with Crippen molar-refractivity contribution in [1.29, 1.82) is 5.26 Å². The molecule has 0 amide bonds. The van der Waals surface area contributed by atoms with Crippen molar-refractivity contribution in [2.45, 2.75) is 33.4 Å². The second kappa shape index (κ2) is 6.76. The van der Waals surface area contributed by atoms with Gasteiger partial charge in [0.05, 0.1) is 17.4 Å². The van der Waals surface area contributed by atoms with Crippen LogP contribution in [0.1, 0.15) is 30.5 Å². The monoisotopic (exact) mass is 281 g/mol. The van der Waals surface area contributed by atoms with Crippen LogP contribution in [0, 0.1) is 18.3 Å². The summed E-state index contributed by atoms with van der Waals surface area (Å²) in [5.41, 5.74) is 3.52. The van der Waals surface area contributed by atoms with E-state index in [2.05, 4.69) is 16.4 Å². The van der Waals surface area contributed by atoms with Crippen molar-refractivity contribution in [1.82, 2.24) is 4.98 Å². The standard InChI is InChI=1S/C17H19N3O/c1-12(2)21-17-15(8-5-9-19-17)11-20-16-13(3)6-4-7-14(16)10-18/h4-9,12,20H,11H2,1-3H3. The molecule has 0 saturated heterocycles. The summed E-state index contributed by atoms with van der Waals surface area (Å²) in [5, 5.41) is 12.5. The number of aromatic nitrogens is 1. The van der Waals surface area contributed by atoms with Gasteiger partial charge in [0.25, 0.3) is 0 Å². The number of pyridine rings is 1. The SMILES string of the molecule is Cc1cccc(C#N)c1NCc1cccnc1OC(C)C. The number of nitrogens with zero attached hydrogens (tertiary/aromatic N) is 2. The number of benzene rings is 1. The molecule has 0 aliphatic carbocycles. The van der Waals surface area contributed by atoms with Crippen LogP contribution in [0.15, 0.2) is 36.5 Å². The number of aryl methyl sites for hydroxylation is 1. The fraction of sp³-hybridized carbons (Fsp3) is 0.294. The Labute approximate surface area is 125 Å². The largest absolute Gasteiger partial charge is 0.475 e. The third-order valence-electron chi connectivity index (χ3n) is 3.05. The smallest absolute Gasteiger partial charge is 0.218 e. The Hall–Kier alpha value is -2.54. The lowest BCUT2D eigenvalue weighted by molar-refractivity contribution is 0.230. The predicted octanol–water partition coefficient (Wildman–Crippen LogP) is 3.66. The predicted molar refractivity (Wildman–Crippen MR) is 83.2 cm³/mol. The Morgan fingerprint density at radius 2 is 2.10 bits per heavy atom. The van der Waals surface area contributed by atoms with Crippen LogP contribution in [-0.4, -0.2) is 11.1 Å². The molecule has 1 aromatic carbocycles. The van der Waals surface area contributed by atoms with Gasteiger partial charge in [0.1, 0.15) is 6.07 Å². The van der Waals surface area contributed by atoms with Gasteiger partial charge >= 0.3 is 0 Å². The zero-order valence-electron chi connectivity index (χ0n) is 12.6. The summed E-state index contributed by atoms with van der Waals surface area (Å²) in [6.07, 6.45) is 1.79. The van der Waals surface area contributed by atoms with Gasteiger partial charge in [-0.3, -0.25) is 0 Å². The molecule has 2 aromatic rings. The molecule has 1 heterocycles. The summed E-state index contributed by atoms with van der Waals surface area (Å²) in [7, 11) is 0. The molecule has 1 aromatic heterocycles. The van der Waals surface area contributed by atoms with E-state index in [0.29, 0.717) is 18.0 Å². The summed E-state index contributed by atoms with van der Waals surface area (Å²) < 4.78 is 5.70. The molecule has 0 saturated carbocycles. The summed E-state index contributed by atoms with van der Waals surface area (Å²) >= 11 is 0. The maximum Gasteiger partial charge on any atom is 0.218 e. The summed E-state index contributed by atoms with van der Waals surface area (Å²) in [4.78, 5) is 4.27. The lowest BCUT2D eigenvalue weighted by Gasteiger charge is -2.15. The zero-order valence-corrected chi connectivity index (χ0v) is 12.6. The second-order valence-electron chi connectivity index (χ2n) is 5.10. The van der Waals surface area contributed by atoms with Crippen LogP contribution in [0.5, 0.6) is 5.88 Å². The number of nitriles is 1. The molecule has 21 heavy (non-hydrogen) atoms. The van der Waals surface area contributed by atoms with Crippen LogP contribution >= 0.6 is 0 Å². The van der Waals surface area contributed by atoms with Crippen molar-refractivity contribution < 1.29 is 4.74 Å².